The molecule has 0 saturated heterocycles. The summed E-state index contributed by atoms with van der Waals surface area (Å²) in [6, 6.07) is 2.05. The quantitative estimate of drug-likeness (QED) is 0.885. The van der Waals surface area contributed by atoms with Crippen molar-refractivity contribution in [1.29, 1.82) is 0 Å². The third-order valence-electron chi connectivity index (χ3n) is 2.67. The average Bonchev–Trinajstić information content (AvgIpc) is 2.84. The second kappa shape index (κ2) is 4.80. The van der Waals surface area contributed by atoms with Gasteiger partial charge in [0.05, 0.1) is 12.3 Å². The fraction of sp³-hybridized carbons (Fsp3) is 0.417. The first-order valence-corrected chi connectivity index (χ1v) is 6.24. The second-order valence-electron chi connectivity index (χ2n) is 4.04. The summed E-state index contributed by atoms with van der Waals surface area (Å²) in [5.41, 5.74) is 2.36. The number of rotatable bonds is 4. The van der Waals surface area contributed by atoms with Crippen LogP contribution in [0, 0.1) is 6.92 Å². The predicted molar refractivity (Wildman–Crippen MR) is 65.5 cm³/mol. The fourth-order valence-electron chi connectivity index (χ4n) is 1.76. The standard InChI is InChI=1S/C12H16N2OS/c1-9-5-6-16-12(9)11(15)4-3-10-7-13-14(2)8-10/h5-8,11,15H,3-4H2,1-2H3. The molecule has 0 aliphatic carbocycles. The van der Waals surface area contributed by atoms with Crippen LogP contribution in [0.3, 0.4) is 0 Å². The zero-order chi connectivity index (χ0) is 11.5. The minimum atomic E-state index is -0.347. The monoisotopic (exact) mass is 236 g/mol. The lowest BCUT2D eigenvalue weighted by Crippen LogP contribution is -1.98. The van der Waals surface area contributed by atoms with Crippen LogP contribution in [0.1, 0.15) is 28.5 Å². The first-order chi connectivity index (χ1) is 7.66. The Bertz CT molecular complexity index is 461. The summed E-state index contributed by atoms with van der Waals surface area (Å²) in [4.78, 5) is 1.09. The van der Waals surface area contributed by atoms with Gasteiger partial charge in [0.15, 0.2) is 0 Å². The van der Waals surface area contributed by atoms with E-state index < -0.39 is 0 Å². The molecule has 0 amide bonds. The van der Waals surface area contributed by atoms with Crippen molar-refractivity contribution < 1.29 is 5.11 Å². The van der Waals surface area contributed by atoms with Crippen molar-refractivity contribution in [2.24, 2.45) is 7.05 Å². The van der Waals surface area contributed by atoms with Crippen molar-refractivity contribution in [2.45, 2.75) is 25.9 Å². The van der Waals surface area contributed by atoms with E-state index in [1.54, 1.807) is 16.0 Å². The van der Waals surface area contributed by atoms with Crippen molar-refractivity contribution >= 4 is 11.3 Å². The Labute approximate surface area is 99.4 Å². The summed E-state index contributed by atoms with van der Waals surface area (Å²) in [5.74, 6) is 0. The Morgan fingerprint density at radius 2 is 2.38 bits per heavy atom. The van der Waals surface area contributed by atoms with Crippen LogP contribution in [-0.2, 0) is 13.5 Å². The first kappa shape index (κ1) is 11.4. The summed E-state index contributed by atoms with van der Waals surface area (Å²) in [5, 5.41) is 16.2. The fourth-order valence-corrected chi connectivity index (χ4v) is 2.71. The SMILES string of the molecule is Cc1ccsc1C(O)CCc1cnn(C)c1. The molecule has 2 heterocycles. The molecule has 1 N–H and O–H groups in total. The van der Waals surface area contributed by atoms with Crippen LogP contribution in [0.5, 0.6) is 0 Å². The lowest BCUT2D eigenvalue weighted by molar-refractivity contribution is 0.171. The van der Waals surface area contributed by atoms with Crippen LogP contribution in [0.4, 0.5) is 0 Å². The maximum atomic E-state index is 10.0. The first-order valence-electron chi connectivity index (χ1n) is 5.36. The van der Waals surface area contributed by atoms with Gasteiger partial charge in [0, 0.05) is 18.1 Å². The molecule has 2 rings (SSSR count). The Balaban J connectivity index is 1.93. The van der Waals surface area contributed by atoms with Crippen molar-refractivity contribution in [3.8, 4) is 0 Å². The average molecular weight is 236 g/mol. The van der Waals surface area contributed by atoms with Gasteiger partial charge in [-0.1, -0.05) is 0 Å². The van der Waals surface area contributed by atoms with E-state index in [2.05, 4.69) is 5.10 Å². The summed E-state index contributed by atoms with van der Waals surface area (Å²) in [6.45, 7) is 2.04. The van der Waals surface area contributed by atoms with Gasteiger partial charge < -0.3 is 5.11 Å². The minimum Gasteiger partial charge on any atom is -0.388 e. The van der Waals surface area contributed by atoms with Crippen LogP contribution in [0.25, 0.3) is 0 Å². The molecule has 1 atom stereocenters. The number of nitrogens with zero attached hydrogens (tertiary/aromatic N) is 2. The topological polar surface area (TPSA) is 38.1 Å². The number of hydrogen-bond acceptors (Lipinski definition) is 3. The molecule has 4 heteroatoms. The van der Waals surface area contributed by atoms with E-state index in [4.69, 9.17) is 0 Å². The van der Waals surface area contributed by atoms with Gasteiger partial charge in [-0.2, -0.15) is 5.10 Å². The van der Waals surface area contributed by atoms with E-state index in [-0.39, 0.29) is 6.10 Å². The second-order valence-corrected chi connectivity index (χ2v) is 4.99. The maximum absolute atomic E-state index is 10.0. The van der Waals surface area contributed by atoms with Crippen LogP contribution < -0.4 is 0 Å². The Morgan fingerprint density at radius 1 is 1.56 bits per heavy atom. The number of aliphatic hydroxyl groups is 1. The number of hydrogen-bond donors (Lipinski definition) is 1. The summed E-state index contributed by atoms with van der Waals surface area (Å²) < 4.78 is 1.79. The highest BCUT2D eigenvalue weighted by atomic mass is 32.1. The van der Waals surface area contributed by atoms with Gasteiger partial charge in [-0.15, -0.1) is 11.3 Å². The Morgan fingerprint density at radius 3 is 2.94 bits per heavy atom. The van der Waals surface area contributed by atoms with Gasteiger partial charge in [0.2, 0.25) is 0 Å². The largest absolute Gasteiger partial charge is 0.388 e. The normalized spacial score (nSPS) is 12.9. The molecule has 0 fully saturated rings. The molecule has 0 aliphatic heterocycles. The molecule has 2 aromatic heterocycles. The molecule has 86 valence electrons. The van der Waals surface area contributed by atoms with Gasteiger partial charge in [0.25, 0.3) is 0 Å². The van der Waals surface area contributed by atoms with Crippen LogP contribution >= 0.6 is 11.3 Å². The molecule has 0 aromatic carbocycles. The lowest BCUT2D eigenvalue weighted by atomic mass is 10.1. The zero-order valence-electron chi connectivity index (χ0n) is 9.55. The smallest absolute Gasteiger partial charge is 0.0887 e. The summed E-state index contributed by atoms with van der Waals surface area (Å²) in [7, 11) is 1.91. The molecular formula is C12H16N2OS. The van der Waals surface area contributed by atoms with E-state index in [0.29, 0.717) is 0 Å². The molecule has 0 spiro atoms. The minimum absolute atomic E-state index is 0.347. The highest BCUT2D eigenvalue weighted by Gasteiger charge is 2.12. The molecule has 3 nitrogen and oxygen atoms in total. The van der Waals surface area contributed by atoms with Gasteiger partial charge in [0.1, 0.15) is 0 Å². The Hall–Kier alpha value is -1.13. The van der Waals surface area contributed by atoms with Gasteiger partial charge in [-0.3, -0.25) is 4.68 Å². The molecule has 0 radical (unpaired) electrons. The third-order valence-corrected chi connectivity index (χ3v) is 3.79. The Kier molecular flexibility index (Phi) is 3.41. The van der Waals surface area contributed by atoms with E-state index in [0.717, 1.165) is 17.7 Å². The molecule has 0 aliphatic rings. The summed E-state index contributed by atoms with van der Waals surface area (Å²) in [6.07, 6.45) is 5.13. The lowest BCUT2D eigenvalue weighted by Gasteiger charge is -2.08. The van der Waals surface area contributed by atoms with Gasteiger partial charge in [-0.25, -0.2) is 0 Å². The molecule has 1 unspecified atom stereocenters. The van der Waals surface area contributed by atoms with Crippen molar-refractivity contribution in [2.75, 3.05) is 0 Å². The van der Waals surface area contributed by atoms with E-state index in [1.165, 1.54) is 11.1 Å². The van der Waals surface area contributed by atoms with Crippen molar-refractivity contribution in [3.05, 3.63) is 39.8 Å². The number of aromatic nitrogens is 2. The molecule has 2 aromatic rings. The predicted octanol–water partition coefficient (Wildman–Crippen LogP) is 2.46. The van der Waals surface area contributed by atoms with E-state index in [9.17, 15) is 5.11 Å². The van der Waals surface area contributed by atoms with Crippen molar-refractivity contribution in [1.82, 2.24) is 9.78 Å². The third kappa shape index (κ3) is 2.51. The molecule has 0 saturated carbocycles. The van der Waals surface area contributed by atoms with Crippen LogP contribution in [0.15, 0.2) is 23.8 Å². The highest BCUT2D eigenvalue weighted by molar-refractivity contribution is 7.10. The molecule has 16 heavy (non-hydrogen) atoms. The number of thiophene rings is 1. The van der Waals surface area contributed by atoms with Gasteiger partial charge in [-0.05, 0) is 42.3 Å². The van der Waals surface area contributed by atoms with Crippen LogP contribution in [-0.4, -0.2) is 14.9 Å². The zero-order valence-corrected chi connectivity index (χ0v) is 10.4. The molecule has 0 bridgehead atoms. The van der Waals surface area contributed by atoms with Crippen LogP contribution in [0.2, 0.25) is 0 Å². The van der Waals surface area contributed by atoms with E-state index in [1.807, 2.05) is 37.8 Å². The number of aliphatic hydroxyl groups excluding tert-OH is 1. The maximum Gasteiger partial charge on any atom is 0.0887 e. The van der Waals surface area contributed by atoms with Gasteiger partial charge >= 0.3 is 0 Å². The van der Waals surface area contributed by atoms with E-state index >= 15 is 0 Å². The summed E-state index contributed by atoms with van der Waals surface area (Å²) >= 11 is 1.63. The number of aryl methyl sites for hydroxylation is 3. The highest BCUT2D eigenvalue weighted by Crippen LogP contribution is 2.27. The van der Waals surface area contributed by atoms with Crippen molar-refractivity contribution in [3.63, 3.8) is 0 Å². The molecular weight excluding hydrogens is 220 g/mol.